The van der Waals surface area contributed by atoms with E-state index in [0.29, 0.717) is 21.5 Å². The van der Waals surface area contributed by atoms with Crippen LogP contribution >= 0.6 is 15.9 Å². The van der Waals surface area contributed by atoms with E-state index in [4.69, 9.17) is 13.9 Å². The first-order chi connectivity index (χ1) is 10.7. The van der Waals surface area contributed by atoms with Gasteiger partial charge in [0.25, 0.3) is 5.91 Å². The van der Waals surface area contributed by atoms with E-state index < -0.39 is 5.91 Å². The number of ether oxygens (including phenoxy) is 2. The van der Waals surface area contributed by atoms with Crippen LogP contribution in [-0.2, 0) is 4.79 Å². The van der Waals surface area contributed by atoms with E-state index in [1.165, 1.54) is 12.3 Å². The molecule has 0 atom stereocenters. The highest BCUT2D eigenvalue weighted by Crippen LogP contribution is 2.37. The summed E-state index contributed by atoms with van der Waals surface area (Å²) in [4.78, 5) is 12.1. The lowest BCUT2D eigenvalue weighted by atomic mass is 10.1. The van der Waals surface area contributed by atoms with Gasteiger partial charge in [0, 0.05) is 10.5 Å². The van der Waals surface area contributed by atoms with Crippen LogP contribution in [0.3, 0.4) is 0 Å². The summed E-state index contributed by atoms with van der Waals surface area (Å²) in [7, 11) is 0. The predicted octanol–water partition coefficient (Wildman–Crippen LogP) is 3.32. The molecule has 1 amide bonds. The fourth-order valence-electron chi connectivity index (χ4n) is 1.88. The third kappa shape index (κ3) is 2.82. The summed E-state index contributed by atoms with van der Waals surface area (Å²) in [6.07, 6.45) is 2.89. The Hall–Kier alpha value is -2.72. The molecule has 3 rings (SSSR count). The van der Waals surface area contributed by atoms with Gasteiger partial charge in [-0.3, -0.25) is 10.1 Å². The number of carbonyl (C=O) groups is 1. The summed E-state index contributed by atoms with van der Waals surface area (Å²) in [5.74, 6) is 0.902. The number of rotatable bonds is 3. The van der Waals surface area contributed by atoms with Crippen molar-refractivity contribution in [1.29, 1.82) is 5.26 Å². The Bertz CT molecular complexity index is 791. The molecular weight excluding hydrogens is 352 g/mol. The van der Waals surface area contributed by atoms with Gasteiger partial charge >= 0.3 is 0 Å². The number of carbonyl (C=O) groups excluding carboxylic acids is 1. The number of hydrogen-bond acceptors (Lipinski definition) is 5. The van der Waals surface area contributed by atoms with Crippen LogP contribution < -0.4 is 14.8 Å². The van der Waals surface area contributed by atoms with Crippen molar-refractivity contribution in [3.05, 3.63) is 46.1 Å². The second-order valence-electron chi connectivity index (χ2n) is 4.33. The van der Waals surface area contributed by atoms with Gasteiger partial charge in [-0.25, -0.2) is 0 Å². The zero-order valence-electron chi connectivity index (χ0n) is 11.1. The summed E-state index contributed by atoms with van der Waals surface area (Å²) >= 11 is 3.38. The number of furan rings is 1. The minimum atomic E-state index is -0.554. The number of nitrogens with one attached hydrogen (secondary N) is 1. The van der Waals surface area contributed by atoms with Crippen molar-refractivity contribution in [3.8, 4) is 17.6 Å². The molecule has 0 unspecified atom stereocenters. The maximum absolute atomic E-state index is 12.1. The Morgan fingerprint density at radius 3 is 2.82 bits per heavy atom. The normalized spacial score (nSPS) is 12.8. The largest absolute Gasteiger partial charge is 0.454 e. The summed E-state index contributed by atoms with van der Waals surface area (Å²) in [6, 6.07) is 8.53. The minimum absolute atomic E-state index is 0.0593. The van der Waals surface area contributed by atoms with Crippen molar-refractivity contribution in [2.24, 2.45) is 0 Å². The van der Waals surface area contributed by atoms with Crippen molar-refractivity contribution in [2.45, 2.75) is 0 Å². The first-order valence-corrected chi connectivity index (χ1v) is 7.02. The molecule has 0 radical (unpaired) electrons. The van der Waals surface area contributed by atoms with Gasteiger partial charge in [-0.1, -0.05) is 15.9 Å². The molecule has 6 nitrogen and oxygen atoms in total. The van der Waals surface area contributed by atoms with Crippen LogP contribution in [0.4, 0.5) is 5.88 Å². The van der Waals surface area contributed by atoms with Gasteiger partial charge in [-0.2, -0.15) is 5.26 Å². The average molecular weight is 361 g/mol. The molecule has 0 aliphatic carbocycles. The first-order valence-electron chi connectivity index (χ1n) is 6.23. The van der Waals surface area contributed by atoms with Crippen molar-refractivity contribution in [1.82, 2.24) is 0 Å². The zero-order valence-corrected chi connectivity index (χ0v) is 12.7. The van der Waals surface area contributed by atoms with Gasteiger partial charge in [0.05, 0.1) is 6.26 Å². The quantitative estimate of drug-likeness (QED) is 0.670. The average Bonchev–Trinajstić information content (AvgIpc) is 3.15. The molecule has 1 aliphatic heterocycles. The van der Waals surface area contributed by atoms with Gasteiger partial charge in [-0.05, 0) is 29.8 Å². The summed E-state index contributed by atoms with van der Waals surface area (Å²) in [6.45, 7) is 0.152. The summed E-state index contributed by atoms with van der Waals surface area (Å²) in [5.41, 5.74) is 0.575. The van der Waals surface area contributed by atoms with Crippen LogP contribution in [-0.4, -0.2) is 12.7 Å². The molecule has 1 N–H and O–H groups in total. The van der Waals surface area contributed by atoms with Gasteiger partial charge in [0.2, 0.25) is 6.79 Å². The number of anilines is 1. The number of benzene rings is 1. The highest BCUT2D eigenvalue weighted by atomic mass is 79.9. The Morgan fingerprint density at radius 1 is 1.36 bits per heavy atom. The van der Waals surface area contributed by atoms with Gasteiger partial charge in [0.1, 0.15) is 11.6 Å². The smallest absolute Gasteiger partial charge is 0.268 e. The number of nitriles is 1. The topological polar surface area (TPSA) is 84.5 Å². The second-order valence-corrected chi connectivity index (χ2v) is 5.18. The Balaban J connectivity index is 1.89. The van der Waals surface area contributed by atoms with E-state index >= 15 is 0 Å². The van der Waals surface area contributed by atoms with Crippen LogP contribution in [0.1, 0.15) is 5.56 Å². The molecule has 1 aromatic carbocycles. The van der Waals surface area contributed by atoms with Gasteiger partial charge in [-0.15, -0.1) is 0 Å². The molecule has 1 aromatic heterocycles. The third-order valence-corrected chi connectivity index (χ3v) is 3.60. The number of nitrogens with zero attached hydrogens (tertiary/aromatic N) is 1. The maximum atomic E-state index is 12.1. The van der Waals surface area contributed by atoms with E-state index in [0.717, 1.165) is 0 Å². The SMILES string of the molecule is N#C/C(=C\c1cc2c(cc1Br)OCO2)C(=O)Nc1ccco1. The highest BCUT2D eigenvalue weighted by Gasteiger charge is 2.17. The molecule has 110 valence electrons. The molecule has 0 spiro atoms. The molecule has 7 heteroatoms. The zero-order chi connectivity index (χ0) is 15.5. The fraction of sp³-hybridized carbons (Fsp3) is 0.0667. The number of halogens is 1. The van der Waals surface area contributed by atoms with E-state index in [-0.39, 0.29) is 18.3 Å². The molecular formula is C15H9BrN2O4. The van der Waals surface area contributed by atoms with E-state index in [9.17, 15) is 10.1 Å². The van der Waals surface area contributed by atoms with Crippen LogP contribution in [0, 0.1) is 11.3 Å². The minimum Gasteiger partial charge on any atom is -0.454 e. The van der Waals surface area contributed by atoms with Gasteiger partial charge < -0.3 is 13.9 Å². The van der Waals surface area contributed by atoms with Crippen LogP contribution in [0.2, 0.25) is 0 Å². The molecule has 22 heavy (non-hydrogen) atoms. The van der Waals surface area contributed by atoms with E-state index in [2.05, 4.69) is 21.2 Å². The standard InChI is InChI=1S/C15H9BrN2O4/c16-11-6-13-12(21-8-22-13)5-9(11)4-10(7-17)15(19)18-14-2-1-3-20-14/h1-6H,8H2,(H,18,19)/b10-4+. The lowest BCUT2D eigenvalue weighted by molar-refractivity contribution is -0.112. The third-order valence-electron chi connectivity index (χ3n) is 2.91. The summed E-state index contributed by atoms with van der Waals surface area (Å²) < 4.78 is 16.2. The fourth-order valence-corrected chi connectivity index (χ4v) is 2.31. The Kier molecular flexibility index (Phi) is 3.85. The van der Waals surface area contributed by atoms with Crippen molar-refractivity contribution >= 4 is 33.8 Å². The lowest BCUT2D eigenvalue weighted by Gasteiger charge is -2.04. The van der Waals surface area contributed by atoms with Crippen molar-refractivity contribution in [3.63, 3.8) is 0 Å². The number of amides is 1. The highest BCUT2D eigenvalue weighted by molar-refractivity contribution is 9.10. The van der Waals surface area contributed by atoms with Crippen LogP contribution in [0.15, 0.2) is 45.0 Å². The molecule has 0 saturated carbocycles. The number of hydrogen-bond donors (Lipinski definition) is 1. The molecule has 2 heterocycles. The summed E-state index contributed by atoms with van der Waals surface area (Å²) in [5, 5.41) is 11.7. The van der Waals surface area contributed by atoms with E-state index in [1.807, 2.05) is 6.07 Å². The van der Waals surface area contributed by atoms with Crippen molar-refractivity contribution < 1.29 is 18.7 Å². The Labute approximate surface area is 134 Å². The lowest BCUT2D eigenvalue weighted by Crippen LogP contribution is -2.12. The molecule has 0 bridgehead atoms. The van der Waals surface area contributed by atoms with Crippen LogP contribution in [0.5, 0.6) is 11.5 Å². The first kappa shape index (κ1) is 14.2. The molecule has 0 fully saturated rings. The van der Waals surface area contributed by atoms with Crippen LogP contribution in [0.25, 0.3) is 6.08 Å². The predicted molar refractivity (Wildman–Crippen MR) is 81.2 cm³/mol. The maximum Gasteiger partial charge on any atom is 0.268 e. The second kappa shape index (κ2) is 5.95. The molecule has 0 saturated heterocycles. The van der Waals surface area contributed by atoms with Gasteiger partial charge in [0.15, 0.2) is 17.4 Å². The number of fused-ring (bicyclic) bond motifs is 1. The monoisotopic (exact) mass is 360 g/mol. The van der Waals surface area contributed by atoms with E-state index in [1.54, 1.807) is 24.3 Å². The van der Waals surface area contributed by atoms with Crippen molar-refractivity contribution in [2.75, 3.05) is 12.1 Å². The molecule has 1 aliphatic rings. The molecule has 2 aromatic rings. The Morgan fingerprint density at radius 2 is 2.14 bits per heavy atom.